The van der Waals surface area contributed by atoms with Crippen LogP contribution in [0.4, 0.5) is 0 Å². The van der Waals surface area contributed by atoms with Crippen molar-refractivity contribution in [3.8, 4) is 0 Å². The first-order chi connectivity index (χ1) is 10.0. The van der Waals surface area contributed by atoms with E-state index in [4.69, 9.17) is 11.6 Å². The van der Waals surface area contributed by atoms with E-state index in [0.29, 0.717) is 18.1 Å². The van der Waals surface area contributed by atoms with Gasteiger partial charge in [-0.3, -0.25) is 4.79 Å². The molecule has 0 spiro atoms. The molecule has 2 unspecified atom stereocenters. The molecule has 0 saturated carbocycles. The first-order valence-electron chi connectivity index (χ1n) is 7.25. The minimum absolute atomic E-state index is 0.0932. The van der Waals surface area contributed by atoms with Gasteiger partial charge in [-0.2, -0.15) is 0 Å². The summed E-state index contributed by atoms with van der Waals surface area (Å²) in [6.07, 6.45) is 2.44. The van der Waals surface area contributed by atoms with E-state index in [0.717, 1.165) is 23.9 Å². The van der Waals surface area contributed by atoms with Gasteiger partial charge >= 0.3 is 0 Å². The monoisotopic (exact) mass is 306 g/mol. The van der Waals surface area contributed by atoms with Gasteiger partial charge in [-0.25, -0.2) is 0 Å². The zero-order chi connectivity index (χ0) is 15.0. The maximum atomic E-state index is 12.4. The van der Waals surface area contributed by atoms with Crippen molar-refractivity contribution in [3.63, 3.8) is 0 Å². The van der Waals surface area contributed by atoms with Crippen molar-refractivity contribution >= 4 is 28.4 Å². The second kappa shape index (κ2) is 5.70. The Morgan fingerprint density at radius 3 is 3.00 bits per heavy atom. The van der Waals surface area contributed by atoms with Crippen molar-refractivity contribution in [1.29, 1.82) is 0 Å². The summed E-state index contributed by atoms with van der Waals surface area (Å²) in [6.45, 7) is 3.49. The molecule has 1 aromatic carbocycles. The Balaban J connectivity index is 1.74. The number of rotatable bonds is 3. The van der Waals surface area contributed by atoms with Crippen LogP contribution in [-0.4, -0.2) is 39.7 Å². The third-order valence-corrected chi connectivity index (χ3v) is 4.54. The third kappa shape index (κ3) is 2.92. The lowest BCUT2D eigenvalue weighted by Crippen LogP contribution is -2.32. The number of hydrogen-bond donors (Lipinski definition) is 1. The molecule has 5 heteroatoms. The number of likely N-dealkylation sites (tertiary alicyclic amines) is 1. The number of aliphatic hydroxyl groups excluding tert-OH is 1. The average Bonchev–Trinajstić information content (AvgIpc) is 3.06. The van der Waals surface area contributed by atoms with Gasteiger partial charge < -0.3 is 14.6 Å². The molecule has 0 radical (unpaired) electrons. The van der Waals surface area contributed by atoms with E-state index in [9.17, 15) is 9.90 Å². The van der Waals surface area contributed by atoms with Gasteiger partial charge in [-0.1, -0.05) is 17.7 Å². The highest BCUT2D eigenvalue weighted by molar-refractivity contribution is 6.31. The van der Waals surface area contributed by atoms with Crippen molar-refractivity contribution in [1.82, 2.24) is 9.47 Å². The number of hydrogen-bond acceptors (Lipinski definition) is 2. The first-order valence-corrected chi connectivity index (χ1v) is 7.62. The van der Waals surface area contributed by atoms with Gasteiger partial charge in [0, 0.05) is 35.7 Å². The maximum absolute atomic E-state index is 12.4. The van der Waals surface area contributed by atoms with Crippen LogP contribution in [0, 0.1) is 5.92 Å². The molecule has 2 aromatic rings. The Morgan fingerprint density at radius 1 is 1.48 bits per heavy atom. The molecule has 1 amide bonds. The van der Waals surface area contributed by atoms with E-state index < -0.39 is 0 Å². The maximum Gasteiger partial charge on any atom is 0.242 e. The highest BCUT2D eigenvalue weighted by Gasteiger charge is 2.29. The Bertz CT molecular complexity index is 665. The third-order valence-electron chi connectivity index (χ3n) is 4.30. The molecule has 2 heterocycles. The van der Waals surface area contributed by atoms with Gasteiger partial charge in [0.1, 0.15) is 6.54 Å². The van der Waals surface area contributed by atoms with Crippen LogP contribution in [0.2, 0.25) is 5.02 Å². The fraction of sp³-hybridized carbons (Fsp3) is 0.438. The van der Waals surface area contributed by atoms with Crippen LogP contribution in [0.3, 0.4) is 0 Å². The molecule has 2 atom stereocenters. The van der Waals surface area contributed by atoms with Gasteiger partial charge in [0.2, 0.25) is 5.91 Å². The van der Waals surface area contributed by atoms with Crippen molar-refractivity contribution in [2.24, 2.45) is 5.92 Å². The molecular weight excluding hydrogens is 288 g/mol. The molecule has 0 aliphatic carbocycles. The number of halogens is 1. The zero-order valence-electron chi connectivity index (χ0n) is 12.0. The second-order valence-corrected chi connectivity index (χ2v) is 6.21. The van der Waals surface area contributed by atoms with Crippen LogP contribution in [0.15, 0.2) is 30.5 Å². The van der Waals surface area contributed by atoms with E-state index in [1.165, 1.54) is 0 Å². The van der Waals surface area contributed by atoms with Crippen molar-refractivity contribution in [3.05, 3.63) is 35.5 Å². The SMILES string of the molecule is CC(O)C1CCN(C(=O)Cn2ccc3ccc(Cl)cc32)C1. The van der Waals surface area contributed by atoms with Crippen molar-refractivity contribution < 1.29 is 9.90 Å². The van der Waals surface area contributed by atoms with Crippen LogP contribution >= 0.6 is 11.6 Å². The number of carbonyl (C=O) groups excluding carboxylic acids is 1. The fourth-order valence-corrected chi connectivity index (χ4v) is 3.11. The summed E-state index contributed by atoms with van der Waals surface area (Å²) >= 11 is 6.03. The number of aromatic nitrogens is 1. The molecule has 1 fully saturated rings. The Labute approximate surface area is 128 Å². The summed E-state index contributed by atoms with van der Waals surface area (Å²) in [6, 6.07) is 7.68. The lowest BCUT2D eigenvalue weighted by Gasteiger charge is -2.18. The first kappa shape index (κ1) is 14.4. The largest absolute Gasteiger partial charge is 0.393 e. The molecule has 1 aromatic heterocycles. The predicted molar refractivity (Wildman–Crippen MR) is 83.3 cm³/mol. The molecule has 3 rings (SSSR count). The molecule has 21 heavy (non-hydrogen) atoms. The van der Waals surface area contributed by atoms with Gasteiger partial charge in [-0.15, -0.1) is 0 Å². The Kier molecular flexibility index (Phi) is 3.91. The predicted octanol–water partition coefficient (Wildman–Crippen LogP) is 2.52. The topological polar surface area (TPSA) is 45.5 Å². The summed E-state index contributed by atoms with van der Waals surface area (Å²) in [7, 11) is 0. The van der Waals surface area contributed by atoms with Crippen LogP contribution < -0.4 is 0 Å². The number of nitrogens with zero attached hydrogens (tertiary/aromatic N) is 2. The summed E-state index contributed by atoms with van der Waals surface area (Å²) in [5.74, 6) is 0.292. The van der Waals surface area contributed by atoms with Crippen LogP contribution in [0.1, 0.15) is 13.3 Å². The molecule has 1 N–H and O–H groups in total. The number of benzene rings is 1. The fourth-order valence-electron chi connectivity index (χ4n) is 2.95. The van der Waals surface area contributed by atoms with E-state index in [1.807, 2.05) is 39.9 Å². The summed E-state index contributed by atoms with van der Waals surface area (Å²) < 4.78 is 1.93. The van der Waals surface area contributed by atoms with Crippen LogP contribution in [-0.2, 0) is 11.3 Å². The summed E-state index contributed by atoms with van der Waals surface area (Å²) in [5.41, 5.74) is 0.974. The minimum atomic E-state index is -0.353. The molecular formula is C16H19ClN2O2. The number of carbonyl (C=O) groups is 1. The smallest absolute Gasteiger partial charge is 0.242 e. The van der Waals surface area contributed by atoms with E-state index in [1.54, 1.807) is 6.92 Å². The zero-order valence-corrected chi connectivity index (χ0v) is 12.8. The lowest BCUT2D eigenvalue weighted by molar-refractivity contribution is -0.130. The summed E-state index contributed by atoms with van der Waals surface area (Å²) in [4.78, 5) is 14.2. The van der Waals surface area contributed by atoms with E-state index in [-0.39, 0.29) is 17.9 Å². The lowest BCUT2D eigenvalue weighted by atomic mass is 10.0. The van der Waals surface area contributed by atoms with Crippen LogP contribution in [0.25, 0.3) is 10.9 Å². The minimum Gasteiger partial charge on any atom is -0.393 e. The van der Waals surface area contributed by atoms with E-state index in [2.05, 4.69) is 0 Å². The number of fused-ring (bicyclic) bond motifs is 1. The van der Waals surface area contributed by atoms with E-state index >= 15 is 0 Å². The Hall–Kier alpha value is -1.52. The second-order valence-electron chi connectivity index (χ2n) is 5.78. The van der Waals surface area contributed by atoms with Gasteiger partial charge in [0.05, 0.1) is 6.10 Å². The molecule has 1 saturated heterocycles. The molecule has 0 bridgehead atoms. The molecule has 4 nitrogen and oxygen atoms in total. The molecule has 112 valence electrons. The van der Waals surface area contributed by atoms with Crippen LogP contribution in [0.5, 0.6) is 0 Å². The highest BCUT2D eigenvalue weighted by atomic mass is 35.5. The normalized spacial score (nSPS) is 20.1. The number of amides is 1. The van der Waals surface area contributed by atoms with Gasteiger partial charge in [-0.05, 0) is 36.9 Å². The summed E-state index contributed by atoms with van der Waals surface area (Å²) in [5, 5.41) is 11.4. The highest BCUT2D eigenvalue weighted by Crippen LogP contribution is 2.22. The molecule has 1 aliphatic heterocycles. The van der Waals surface area contributed by atoms with Crippen molar-refractivity contribution in [2.45, 2.75) is 26.0 Å². The Morgan fingerprint density at radius 2 is 2.29 bits per heavy atom. The standard InChI is InChI=1S/C16H19ClN2O2/c1-11(20)13-5-7-19(9-13)16(21)10-18-6-4-12-2-3-14(17)8-15(12)18/h2-4,6,8,11,13,20H,5,7,9-10H2,1H3. The number of aliphatic hydroxyl groups is 1. The van der Waals surface area contributed by atoms with Gasteiger partial charge in [0.25, 0.3) is 0 Å². The quantitative estimate of drug-likeness (QED) is 0.947. The van der Waals surface area contributed by atoms with Gasteiger partial charge in [0.15, 0.2) is 0 Å². The average molecular weight is 307 g/mol. The van der Waals surface area contributed by atoms with Crippen molar-refractivity contribution in [2.75, 3.05) is 13.1 Å². The molecule has 1 aliphatic rings.